The lowest BCUT2D eigenvalue weighted by molar-refractivity contribution is 0.112. The van der Waals surface area contributed by atoms with Gasteiger partial charge in [0.05, 0.1) is 22.2 Å². The first kappa shape index (κ1) is 13.3. The third-order valence-electron chi connectivity index (χ3n) is 3.84. The minimum absolute atomic E-state index is 0.299. The predicted octanol–water partition coefficient (Wildman–Crippen LogP) is 2.47. The van der Waals surface area contributed by atoms with Crippen molar-refractivity contribution in [3.05, 3.63) is 58.4 Å². The molecular weight excluding hydrogens is 292 g/mol. The molecule has 0 unspecified atom stereocenters. The zero-order valence-electron chi connectivity index (χ0n) is 12.0. The van der Waals surface area contributed by atoms with Crippen molar-refractivity contribution in [3.8, 4) is 11.4 Å². The molecule has 6 nitrogen and oxygen atoms in total. The van der Waals surface area contributed by atoms with Gasteiger partial charge < -0.3 is 15.7 Å². The second-order valence-corrected chi connectivity index (χ2v) is 5.27. The van der Waals surface area contributed by atoms with Crippen molar-refractivity contribution in [3.63, 3.8) is 0 Å². The number of carbonyl (C=O) groups is 1. The first-order valence-corrected chi connectivity index (χ1v) is 7.03. The number of nitrogens with two attached hydrogens (primary N) is 1. The highest BCUT2D eigenvalue weighted by molar-refractivity contribution is 5.98. The third kappa shape index (κ3) is 2.00. The van der Waals surface area contributed by atoms with E-state index in [9.17, 15) is 9.59 Å². The Morgan fingerprint density at radius 1 is 1.04 bits per heavy atom. The van der Waals surface area contributed by atoms with Crippen molar-refractivity contribution >= 4 is 33.9 Å². The molecule has 0 bridgehead atoms. The Labute approximate surface area is 130 Å². The summed E-state index contributed by atoms with van der Waals surface area (Å²) in [6, 6.07) is 12.4. The van der Waals surface area contributed by atoms with E-state index in [4.69, 9.17) is 5.73 Å². The van der Waals surface area contributed by atoms with E-state index in [0.717, 1.165) is 11.7 Å². The smallest absolute Gasteiger partial charge is 0.261 e. The molecule has 2 aromatic heterocycles. The van der Waals surface area contributed by atoms with Crippen LogP contribution >= 0.6 is 0 Å². The van der Waals surface area contributed by atoms with E-state index in [2.05, 4.69) is 15.0 Å². The molecule has 4 aromatic rings. The molecule has 0 radical (unpaired) electrons. The van der Waals surface area contributed by atoms with Gasteiger partial charge in [0.1, 0.15) is 17.7 Å². The van der Waals surface area contributed by atoms with Crippen LogP contribution in [0.4, 0.5) is 5.69 Å². The summed E-state index contributed by atoms with van der Waals surface area (Å²) in [4.78, 5) is 33.6. The Morgan fingerprint density at radius 2 is 1.87 bits per heavy atom. The first-order valence-electron chi connectivity index (χ1n) is 7.03. The largest absolute Gasteiger partial charge is 0.397 e. The van der Waals surface area contributed by atoms with Crippen molar-refractivity contribution in [2.24, 2.45) is 0 Å². The molecule has 0 atom stereocenters. The number of nitrogens with one attached hydrogen (secondary N) is 2. The van der Waals surface area contributed by atoms with Crippen LogP contribution in [0.25, 0.3) is 33.3 Å². The Balaban J connectivity index is 2.02. The molecule has 6 heteroatoms. The van der Waals surface area contributed by atoms with E-state index in [1.54, 1.807) is 24.3 Å². The Kier molecular flexibility index (Phi) is 2.77. The number of anilines is 1. The summed E-state index contributed by atoms with van der Waals surface area (Å²) in [5.41, 5.74) is 9.11. The lowest BCUT2D eigenvalue weighted by Crippen LogP contribution is -2.13. The molecule has 0 saturated carbocycles. The molecule has 2 aromatic carbocycles. The number of imidazole rings is 1. The van der Waals surface area contributed by atoms with Gasteiger partial charge in [-0.15, -0.1) is 0 Å². The maximum atomic E-state index is 12.4. The van der Waals surface area contributed by atoms with Crippen LogP contribution in [0.15, 0.2) is 47.3 Å². The van der Waals surface area contributed by atoms with Crippen LogP contribution in [0.2, 0.25) is 0 Å². The summed E-state index contributed by atoms with van der Waals surface area (Å²) in [6.07, 6.45) is 0.761. The lowest BCUT2D eigenvalue weighted by atomic mass is 10.1. The average Bonchev–Trinajstić information content (AvgIpc) is 2.97. The minimum Gasteiger partial charge on any atom is -0.397 e. The number of rotatable bonds is 2. The maximum absolute atomic E-state index is 12.4. The number of aromatic nitrogens is 3. The van der Waals surface area contributed by atoms with Crippen LogP contribution in [0.5, 0.6) is 0 Å². The molecule has 0 saturated heterocycles. The monoisotopic (exact) mass is 304 g/mol. The highest BCUT2D eigenvalue weighted by Gasteiger charge is 2.15. The summed E-state index contributed by atoms with van der Waals surface area (Å²) < 4.78 is 0. The van der Waals surface area contributed by atoms with Gasteiger partial charge in [0.25, 0.3) is 5.56 Å². The highest BCUT2D eigenvalue weighted by atomic mass is 16.1. The van der Waals surface area contributed by atoms with Crippen LogP contribution in [-0.2, 0) is 0 Å². The Morgan fingerprint density at radius 3 is 2.70 bits per heavy atom. The molecule has 112 valence electrons. The Hall–Kier alpha value is -3.41. The van der Waals surface area contributed by atoms with Gasteiger partial charge in [-0.25, -0.2) is 4.98 Å². The van der Waals surface area contributed by atoms with Crippen molar-refractivity contribution in [1.82, 2.24) is 15.0 Å². The van der Waals surface area contributed by atoms with Crippen molar-refractivity contribution in [2.45, 2.75) is 0 Å². The second-order valence-electron chi connectivity index (χ2n) is 5.27. The van der Waals surface area contributed by atoms with Gasteiger partial charge in [-0.05, 0) is 24.3 Å². The zero-order valence-corrected chi connectivity index (χ0v) is 12.0. The number of hydrogen-bond donors (Lipinski definition) is 3. The summed E-state index contributed by atoms with van der Waals surface area (Å²) in [7, 11) is 0. The average molecular weight is 304 g/mol. The van der Waals surface area contributed by atoms with Crippen LogP contribution < -0.4 is 11.3 Å². The number of pyridine rings is 1. The minimum atomic E-state index is -0.309. The molecule has 23 heavy (non-hydrogen) atoms. The van der Waals surface area contributed by atoms with Crippen molar-refractivity contribution in [2.75, 3.05) is 5.73 Å². The van der Waals surface area contributed by atoms with E-state index in [1.165, 1.54) is 0 Å². The molecule has 0 spiro atoms. The molecule has 0 amide bonds. The van der Waals surface area contributed by atoms with Gasteiger partial charge in [-0.3, -0.25) is 9.59 Å². The summed E-state index contributed by atoms with van der Waals surface area (Å²) >= 11 is 0. The molecule has 4 N–H and O–H groups in total. The number of aldehydes is 1. The number of nitrogens with zero attached hydrogens (tertiary/aromatic N) is 1. The van der Waals surface area contributed by atoms with Crippen LogP contribution in [-0.4, -0.2) is 21.2 Å². The van der Waals surface area contributed by atoms with E-state index in [-0.39, 0.29) is 5.56 Å². The Bertz CT molecular complexity index is 1120. The van der Waals surface area contributed by atoms with Crippen molar-refractivity contribution < 1.29 is 4.79 Å². The topological polar surface area (TPSA) is 105 Å². The standard InChI is InChI=1S/C17H12N4O2/c18-15-10-3-1-2-4-11(10)21-17(23)14(15)16-19-12-6-5-9(8-22)7-13(12)20-16/h1-8H,(H,19,20)(H3,18,21,23). The first-order chi connectivity index (χ1) is 11.2. The number of hydrogen-bond acceptors (Lipinski definition) is 4. The van der Waals surface area contributed by atoms with Gasteiger partial charge in [0.2, 0.25) is 0 Å². The third-order valence-corrected chi connectivity index (χ3v) is 3.84. The molecule has 0 fully saturated rings. The van der Waals surface area contributed by atoms with Crippen LogP contribution in [0, 0.1) is 0 Å². The van der Waals surface area contributed by atoms with Crippen LogP contribution in [0.3, 0.4) is 0 Å². The predicted molar refractivity (Wildman–Crippen MR) is 89.5 cm³/mol. The number of H-pyrrole nitrogens is 2. The molecule has 0 aliphatic rings. The fourth-order valence-corrected chi connectivity index (χ4v) is 2.72. The SMILES string of the molecule is Nc1c(-c2nc3ccc(C=O)cc3[nH]2)c(=O)[nH]c2ccccc12. The van der Waals surface area contributed by atoms with E-state index in [0.29, 0.717) is 39.2 Å². The van der Waals surface area contributed by atoms with Gasteiger partial charge in [-0.2, -0.15) is 0 Å². The highest BCUT2D eigenvalue weighted by Crippen LogP contribution is 2.28. The van der Waals surface area contributed by atoms with Crippen molar-refractivity contribution in [1.29, 1.82) is 0 Å². The van der Waals surface area contributed by atoms with E-state index >= 15 is 0 Å². The molecular formula is C17H12N4O2. The fourth-order valence-electron chi connectivity index (χ4n) is 2.72. The number of benzene rings is 2. The van der Waals surface area contributed by atoms with Gasteiger partial charge in [0, 0.05) is 10.9 Å². The fraction of sp³-hybridized carbons (Fsp3) is 0. The zero-order chi connectivity index (χ0) is 16.0. The molecule has 2 heterocycles. The number of nitrogen functional groups attached to an aromatic ring is 1. The van der Waals surface area contributed by atoms with E-state index < -0.39 is 0 Å². The summed E-state index contributed by atoms with van der Waals surface area (Å²) in [5.74, 6) is 0.382. The van der Waals surface area contributed by atoms with E-state index in [1.807, 2.05) is 18.2 Å². The lowest BCUT2D eigenvalue weighted by Gasteiger charge is -2.06. The second kappa shape index (κ2) is 4.81. The number of fused-ring (bicyclic) bond motifs is 2. The molecule has 4 rings (SSSR count). The van der Waals surface area contributed by atoms with Gasteiger partial charge in [0.15, 0.2) is 0 Å². The van der Waals surface area contributed by atoms with Gasteiger partial charge >= 0.3 is 0 Å². The number of aromatic amines is 2. The van der Waals surface area contributed by atoms with Crippen LogP contribution in [0.1, 0.15) is 10.4 Å². The molecule has 0 aliphatic carbocycles. The summed E-state index contributed by atoms with van der Waals surface area (Å²) in [6.45, 7) is 0. The van der Waals surface area contributed by atoms with Gasteiger partial charge in [-0.1, -0.05) is 18.2 Å². The number of para-hydroxylation sites is 1. The summed E-state index contributed by atoms with van der Waals surface area (Å²) in [5, 5.41) is 0.760. The normalized spacial score (nSPS) is 11.1. The quantitative estimate of drug-likeness (QED) is 0.495. The maximum Gasteiger partial charge on any atom is 0.261 e. The molecule has 0 aliphatic heterocycles. The number of carbonyl (C=O) groups excluding carboxylic acids is 1.